The second kappa shape index (κ2) is 25.0. The van der Waals surface area contributed by atoms with Crippen LogP contribution in [0.2, 0.25) is 0 Å². The monoisotopic (exact) mass is 827 g/mol. The number of phosphoric ester groups is 3. The van der Waals surface area contributed by atoms with Gasteiger partial charge in [0, 0.05) is 11.1 Å². The standard InChI is InChI=1S/C16H34N2O10P2.C15H30NO6P/c1-14(2)16(19)27-15(28-30(22,23)25-12-10-18(6,7)8)13-26-29(20,21)24-11-9-17(3,4)5;1-14(2)15(17)20-11-8-6-7-9-12-21-23(18,19)22-13-10-16(3,4)5/h15H,1,9-13H2,2-8H3;1,6-13H2,2-5H3. The van der Waals surface area contributed by atoms with Crippen LogP contribution >= 0.6 is 23.5 Å². The van der Waals surface area contributed by atoms with E-state index in [2.05, 4.69) is 22.2 Å². The van der Waals surface area contributed by atoms with E-state index in [4.69, 9.17) is 27.6 Å². The number of nitrogens with zero attached hydrogens (tertiary/aromatic N) is 3. The number of carbonyl (C=O) groups is 2. The lowest BCUT2D eigenvalue weighted by molar-refractivity contribution is -0.870. The van der Waals surface area contributed by atoms with Gasteiger partial charge in [-0.1, -0.05) is 19.6 Å². The van der Waals surface area contributed by atoms with Crippen molar-refractivity contribution in [2.24, 2.45) is 0 Å². The lowest BCUT2D eigenvalue weighted by Crippen LogP contribution is -2.38. The minimum atomic E-state index is -4.93. The molecule has 0 rings (SSSR count). The van der Waals surface area contributed by atoms with Crippen LogP contribution < -0.4 is 14.7 Å². The molecule has 53 heavy (non-hydrogen) atoms. The molecule has 0 aromatic carbocycles. The highest BCUT2D eigenvalue weighted by molar-refractivity contribution is 7.46. The Morgan fingerprint density at radius 2 is 0.906 bits per heavy atom. The highest BCUT2D eigenvalue weighted by Crippen LogP contribution is 2.43. The fraction of sp³-hybridized carbons (Fsp3) is 0.806. The Balaban J connectivity index is 0. The van der Waals surface area contributed by atoms with Crippen molar-refractivity contribution in [1.82, 2.24) is 0 Å². The summed E-state index contributed by atoms with van der Waals surface area (Å²) >= 11 is 0. The number of unbranched alkanes of at least 4 members (excludes halogenated alkanes) is 3. The lowest BCUT2D eigenvalue weighted by atomic mass is 10.2. The summed E-state index contributed by atoms with van der Waals surface area (Å²) in [7, 11) is 2.93. The highest BCUT2D eigenvalue weighted by atomic mass is 31.2. The first-order valence-corrected chi connectivity index (χ1v) is 21.2. The molecule has 0 fully saturated rings. The van der Waals surface area contributed by atoms with Crippen molar-refractivity contribution in [2.45, 2.75) is 45.8 Å². The predicted octanol–water partition coefficient (Wildman–Crippen LogP) is 1.72. The smallest absolute Gasteiger partial charge is 0.335 e. The van der Waals surface area contributed by atoms with E-state index >= 15 is 0 Å². The van der Waals surface area contributed by atoms with Gasteiger partial charge < -0.3 is 60.2 Å². The van der Waals surface area contributed by atoms with E-state index in [1.54, 1.807) is 6.92 Å². The van der Waals surface area contributed by atoms with Crippen LogP contribution in [0.15, 0.2) is 24.3 Å². The summed E-state index contributed by atoms with van der Waals surface area (Å²) in [5, 5.41) is 0. The first kappa shape index (κ1) is 53.7. The van der Waals surface area contributed by atoms with Gasteiger partial charge in [0.15, 0.2) is 0 Å². The van der Waals surface area contributed by atoms with Gasteiger partial charge in [-0.15, -0.1) is 0 Å². The first-order chi connectivity index (χ1) is 23.9. The second-order valence-electron chi connectivity index (χ2n) is 15.1. The zero-order valence-corrected chi connectivity index (χ0v) is 36.1. The molecule has 0 spiro atoms. The maximum Gasteiger partial charge on any atom is 0.335 e. The topological polar surface area (TPSA) is 228 Å². The predicted molar refractivity (Wildman–Crippen MR) is 191 cm³/mol. The van der Waals surface area contributed by atoms with E-state index in [1.165, 1.54) is 6.92 Å². The molecule has 0 saturated carbocycles. The van der Waals surface area contributed by atoms with E-state index in [9.17, 15) is 38.0 Å². The van der Waals surface area contributed by atoms with Crippen LogP contribution in [0.4, 0.5) is 0 Å². The van der Waals surface area contributed by atoms with Crippen LogP contribution in [0.5, 0.6) is 0 Å². The van der Waals surface area contributed by atoms with Crippen molar-refractivity contribution in [3.63, 3.8) is 0 Å². The third-order valence-electron chi connectivity index (χ3n) is 6.11. The minimum Gasteiger partial charge on any atom is -0.756 e. The lowest BCUT2D eigenvalue weighted by Gasteiger charge is -2.31. The average molecular weight is 828 g/mol. The fourth-order valence-electron chi connectivity index (χ4n) is 3.01. The summed E-state index contributed by atoms with van der Waals surface area (Å²) in [4.78, 5) is 58.2. The van der Waals surface area contributed by atoms with Crippen LogP contribution in [0, 0.1) is 0 Å². The Labute approximate surface area is 315 Å². The molecule has 0 aliphatic rings. The van der Waals surface area contributed by atoms with E-state index in [0.29, 0.717) is 51.7 Å². The van der Waals surface area contributed by atoms with E-state index in [1.807, 2.05) is 63.4 Å². The molecule has 0 heterocycles. The molecule has 4 atom stereocenters. The van der Waals surface area contributed by atoms with Crippen molar-refractivity contribution >= 4 is 35.4 Å². The van der Waals surface area contributed by atoms with Gasteiger partial charge in [0.1, 0.15) is 46.1 Å². The normalized spacial score (nSPS) is 16.2. The molecule has 0 radical (unpaired) electrons. The maximum atomic E-state index is 12.0. The first-order valence-electron chi connectivity index (χ1n) is 16.8. The Bertz CT molecular complexity index is 1280. The molecule has 0 aliphatic carbocycles. The summed E-state index contributed by atoms with van der Waals surface area (Å²) in [5.74, 6) is -1.38. The van der Waals surface area contributed by atoms with E-state index in [0.717, 1.165) is 19.3 Å². The molecular formula is C31H64N3O16P3. The van der Waals surface area contributed by atoms with Crippen molar-refractivity contribution < 1.29 is 88.0 Å². The molecule has 22 heteroatoms. The molecule has 0 N–H and O–H groups in total. The number of ether oxygens (including phenoxy) is 2. The Kier molecular flexibility index (Phi) is 25.3. The van der Waals surface area contributed by atoms with Gasteiger partial charge in [-0.25, -0.2) is 9.59 Å². The molecule has 0 aliphatic heterocycles. The second-order valence-corrected chi connectivity index (χ2v) is 19.2. The van der Waals surface area contributed by atoms with Gasteiger partial charge in [-0.2, -0.15) is 0 Å². The quantitative estimate of drug-likeness (QED) is 0.0273. The molecule has 4 unspecified atom stereocenters. The molecular weight excluding hydrogens is 763 g/mol. The molecule has 0 bridgehead atoms. The molecule has 0 aromatic rings. The third kappa shape index (κ3) is 36.1. The number of quaternary nitrogens is 3. The Morgan fingerprint density at radius 3 is 1.30 bits per heavy atom. The summed E-state index contributed by atoms with van der Waals surface area (Å²) in [5.41, 5.74) is 0.328. The summed E-state index contributed by atoms with van der Waals surface area (Å²) in [6, 6.07) is 0. The van der Waals surface area contributed by atoms with Crippen LogP contribution in [0.25, 0.3) is 0 Å². The molecule has 0 saturated heterocycles. The summed E-state index contributed by atoms with van der Waals surface area (Å²) in [6.45, 7) is 10.3. The SMILES string of the molecule is C=C(C)C(=O)OC(COP(=O)([O-])OCC[N+](C)(C)C)OP(=O)([O-])OCC[N+](C)(C)C.C=C(C)C(=O)OCCCCCCOP(=O)([O-])OCC[N+](C)(C)C. The van der Waals surface area contributed by atoms with Crippen LogP contribution in [-0.2, 0) is 59.9 Å². The zero-order valence-electron chi connectivity index (χ0n) is 33.4. The number of likely N-dealkylation sites (N-methyl/N-ethyl adjacent to an activating group) is 3. The van der Waals surface area contributed by atoms with Gasteiger partial charge in [-0.05, 0) is 33.1 Å². The number of hydrogen-bond acceptors (Lipinski definition) is 16. The number of esters is 2. The van der Waals surface area contributed by atoms with Crippen LogP contribution in [0.1, 0.15) is 39.5 Å². The minimum absolute atomic E-state index is 0.0558. The Morgan fingerprint density at radius 1 is 0.547 bits per heavy atom. The summed E-state index contributed by atoms with van der Waals surface area (Å²) in [6.07, 6.45) is 1.06. The van der Waals surface area contributed by atoms with Crippen molar-refractivity contribution in [1.29, 1.82) is 0 Å². The number of rotatable bonds is 28. The number of hydrogen-bond donors (Lipinski definition) is 0. The zero-order chi connectivity index (χ0) is 41.7. The van der Waals surface area contributed by atoms with Gasteiger partial charge in [0.05, 0.1) is 76.6 Å². The van der Waals surface area contributed by atoms with E-state index < -0.39 is 42.3 Å². The van der Waals surface area contributed by atoms with Gasteiger partial charge in [-0.3, -0.25) is 18.2 Å². The van der Waals surface area contributed by atoms with Crippen molar-refractivity contribution in [3.05, 3.63) is 24.3 Å². The Hall–Kier alpha value is -1.37. The maximum absolute atomic E-state index is 12.0. The molecule has 0 amide bonds. The van der Waals surface area contributed by atoms with Crippen LogP contribution in [0.3, 0.4) is 0 Å². The number of phosphoric acid groups is 3. The number of carbonyl (C=O) groups excluding carboxylic acids is 2. The van der Waals surface area contributed by atoms with Crippen molar-refractivity contribution in [2.75, 3.05) is 123 Å². The van der Waals surface area contributed by atoms with Crippen molar-refractivity contribution in [3.8, 4) is 0 Å². The van der Waals surface area contributed by atoms with E-state index in [-0.39, 0.29) is 38.0 Å². The van der Waals surface area contributed by atoms with Gasteiger partial charge >= 0.3 is 11.9 Å². The highest BCUT2D eigenvalue weighted by Gasteiger charge is 2.26. The summed E-state index contributed by atoms with van der Waals surface area (Å²) < 4.78 is 74.9. The third-order valence-corrected chi connectivity index (χ3v) is 9.06. The molecule has 19 nitrogen and oxygen atoms in total. The average Bonchev–Trinajstić information content (AvgIpc) is 2.94. The largest absolute Gasteiger partial charge is 0.756 e. The fourth-order valence-corrected chi connectivity index (χ4v) is 5.18. The molecule has 314 valence electrons. The molecule has 0 aromatic heterocycles. The van der Waals surface area contributed by atoms with Crippen LogP contribution in [-0.4, -0.2) is 154 Å². The van der Waals surface area contributed by atoms with Gasteiger partial charge in [0.2, 0.25) is 6.29 Å². The van der Waals surface area contributed by atoms with Gasteiger partial charge in [0.25, 0.3) is 23.5 Å².